The zero-order chi connectivity index (χ0) is 41.9. The van der Waals surface area contributed by atoms with Crippen molar-refractivity contribution in [1.29, 1.82) is 0 Å². The van der Waals surface area contributed by atoms with Crippen molar-refractivity contribution in [2.24, 2.45) is 5.73 Å². The fourth-order valence-electron chi connectivity index (χ4n) is 6.75. The lowest BCUT2D eigenvalue weighted by molar-refractivity contribution is -0.177. The van der Waals surface area contributed by atoms with E-state index in [1.807, 2.05) is 0 Å². The van der Waals surface area contributed by atoms with Crippen molar-refractivity contribution < 1.29 is 48.1 Å². The average molecular weight is 818 g/mol. The summed E-state index contributed by atoms with van der Waals surface area (Å²) in [7, 11) is 1.24. The number of benzene rings is 3. The van der Waals surface area contributed by atoms with Gasteiger partial charge < -0.3 is 46.3 Å². The van der Waals surface area contributed by atoms with Crippen LogP contribution in [0.3, 0.4) is 0 Å². The number of hydrogen-bond acceptors (Lipinski definition) is 13. The highest BCUT2D eigenvalue weighted by atomic mass is 32.2. The number of nitrogens with one attached hydrogen (secondary N) is 4. The van der Waals surface area contributed by atoms with E-state index < -0.39 is 81.5 Å². The van der Waals surface area contributed by atoms with E-state index in [-0.39, 0.29) is 53.2 Å². The third kappa shape index (κ3) is 8.43. The summed E-state index contributed by atoms with van der Waals surface area (Å²) < 4.78 is 5.19. The minimum Gasteiger partial charge on any atom is -0.480 e. The predicted molar refractivity (Wildman–Crippen MR) is 209 cm³/mol. The summed E-state index contributed by atoms with van der Waals surface area (Å²) in [5.41, 5.74) is 5.04. The van der Waals surface area contributed by atoms with E-state index in [4.69, 9.17) is 15.0 Å². The number of thioether (sulfide) groups is 1. The Kier molecular flexibility index (Phi) is 12.0. The molecule has 0 saturated carbocycles. The Morgan fingerprint density at radius 2 is 1.62 bits per heavy atom. The number of nitrogens with zero attached hydrogens (tertiary/aromatic N) is 2. The van der Waals surface area contributed by atoms with Crippen molar-refractivity contribution in [2.45, 2.75) is 61.5 Å². The van der Waals surface area contributed by atoms with E-state index in [2.05, 4.69) is 26.2 Å². The standard InChI is InChI=1S/C38H39N7O12S/c1-38(2)30(36(52)53)45-34(51)28(35(45)58-38)43-32(49)27(19-8-5-4-6-9-19)42-31(48)20-16-21(40-25(46)12-14-39)18-22(17-20)41-26(47)13-15-44-33(50)23-10-7-11-24(57-55-3)29(23)56-37(44)54/h4-11,16-18,27-28,30,35H,12-15,39H2,1-3H3,(H,40,46)(H,41,47)(H,42,48)(H,43,49)(H,52,53). The summed E-state index contributed by atoms with van der Waals surface area (Å²) in [6, 6.07) is 13.0. The predicted octanol–water partition coefficient (Wildman–Crippen LogP) is 1.31. The molecule has 5 amide bonds. The van der Waals surface area contributed by atoms with Crippen LogP contribution in [0.1, 0.15) is 48.7 Å². The number of rotatable bonds is 15. The molecule has 20 heteroatoms. The molecule has 4 aromatic rings. The van der Waals surface area contributed by atoms with E-state index in [1.165, 1.54) is 60.2 Å². The summed E-state index contributed by atoms with van der Waals surface area (Å²) >= 11 is 1.25. The van der Waals surface area contributed by atoms with Gasteiger partial charge in [0.1, 0.15) is 23.5 Å². The molecule has 0 spiro atoms. The Morgan fingerprint density at radius 1 is 0.948 bits per heavy atom. The van der Waals surface area contributed by atoms with Gasteiger partial charge in [0.05, 0.1) is 12.5 Å². The van der Waals surface area contributed by atoms with Gasteiger partial charge >= 0.3 is 11.7 Å². The van der Waals surface area contributed by atoms with E-state index >= 15 is 0 Å². The molecule has 1 aromatic heterocycles. The molecular formula is C38H39N7O12S. The number of para-hydroxylation sites is 1. The maximum absolute atomic E-state index is 13.9. The summed E-state index contributed by atoms with van der Waals surface area (Å²) in [6.07, 6.45) is -0.454. The van der Waals surface area contributed by atoms with Gasteiger partial charge in [0.25, 0.3) is 11.5 Å². The molecule has 2 fully saturated rings. The molecule has 6 rings (SSSR count). The number of anilines is 2. The van der Waals surface area contributed by atoms with Crippen molar-refractivity contribution in [3.63, 3.8) is 0 Å². The number of amides is 5. The molecule has 304 valence electrons. The van der Waals surface area contributed by atoms with Crippen molar-refractivity contribution >= 4 is 69.6 Å². The molecule has 0 radical (unpaired) electrons. The van der Waals surface area contributed by atoms with Crippen LogP contribution in [-0.2, 0) is 35.4 Å². The monoisotopic (exact) mass is 817 g/mol. The fraction of sp³-hybridized carbons (Fsp3) is 0.316. The number of carbonyl (C=O) groups is 6. The van der Waals surface area contributed by atoms with Gasteiger partial charge in [-0.3, -0.25) is 28.8 Å². The van der Waals surface area contributed by atoms with Gasteiger partial charge in [-0.15, -0.1) is 11.8 Å². The fourth-order valence-corrected chi connectivity index (χ4v) is 8.37. The number of hydrogen-bond donors (Lipinski definition) is 6. The first-order valence-electron chi connectivity index (χ1n) is 17.8. The molecule has 2 aliphatic heterocycles. The minimum absolute atomic E-state index is 0.000801. The average Bonchev–Trinajstić information content (AvgIpc) is 3.44. The van der Waals surface area contributed by atoms with Crippen LogP contribution in [0.4, 0.5) is 11.4 Å². The van der Waals surface area contributed by atoms with E-state index in [0.29, 0.717) is 5.56 Å². The van der Waals surface area contributed by atoms with Gasteiger partial charge in [0, 0.05) is 47.6 Å². The lowest BCUT2D eigenvalue weighted by Gasteiger charge is -2.44. The minimum atomic E-state index is -1.34. The number of carboxylic acid groups (broad SMARTS) is 1. The topological polar surface area (TPSA) is 271 Å². The normalized spacial score (nSPS) is 18.4. The van der Waals surface area contributed by atoms with Gasteiger partial charge in [0.15, 0.2) is 5.58 Å². The summed E-state index contributed by atoms with van der Waals surface area (Å²) in [5, 5.41) is 19.7. The Balaban J connectivity index is 1.21. The van der Waals surface area contributed by atoms with Crippen LogP contribution in [0.2, 0.25) is 0 Å². The Morgan fingerprint density at radius 3 is 2.26 bits per heavy atom. The molecule has 3 heterocycles. The number of aromatic nitrogens is 1. The number of carboxylic acids is 1. The highest BCUT2D eigenvalue weighted by Crippen LogP contribution is 2.50. The quantitative estimate of drug-likeness (QED) is 0.0561. The second-order valence-corrected chi connectivity index (χ2v) is 15.6. The molecule has 0 aliphatic carbocycles. The van der Waals surface area contributed by atoms with Crippen molar-refractivity contribution in [3.05, 3.63) is 98.8 Å². The zero-order valence-electron chi connectivity index (χ0n) is 31.3. The first kappa shape index (κ1) is 41.1. The van der Waals surface area contributed by atoms with Crippen LogP contribution in [0.25, 0.3) is 11.0 Å². The van der Waals surface area contributed by atoms with Crippen LogP contribution < -0.4 is 43.2 Å². The Hall–Kier alpha value is -6.51. The van der Waals surface area contributed by atoms with Crippen LogP contribution >= 0.6 is 11.8 Å². The highest BCUT2D eigenvalue weighted by Gasteiger charge is 2.64. The molecular weight excluding hydrogens is 779 g/mol. The van der Waals surface area contributed by atoms with E-state index in [9.17, 15) is 43.5 Å². The van der Waals surface area contributed by atoms with Crippen LogP contribution in [0.5, 0.6) is 5.75 Å². The summed E-state index contributed by atoms with van der Waals surface area (Å²) in [6.45, 7) is 3.05. The smallest absolute Gasteiger partial charge is 0.422 e. The maximum Gasteiger partial charge on any atom is 0.422 e. The first-order valence-corrected chi connectivity index (χ1v) is 18.7. The molecule has 4 atom stereocenters. The maximum atomic E-state index is 13.9. The lowest BCUT2D eigenvalue weighted by atomic mass is 9.95. The van der Waals surface area contributed by atoms with Gasteiger partial charge in [-0.25, -0.2) is 14.2 Å². The van der Waals surface area contributed by atoms with Crippen LogP contribution in [0.15, 0.2) is 80.7 Å². The highest BCUT2D eigenvalue weighted by molar-refractivity contribution is 8.01. The molecule has 2 saturated heterocycles. The molecule has 58 heavy (non-hydrogen) atoms. The Bertz CT molecular complexity index is 2420. The van der Waals surface area contributed by atoms with Crippen molar-refractivity contribution in [3.8, 4) is 5.75 Å². The number of β-lactam (4-membered cyclic amide) rings is 1. The molecule has 3 aromatic carbocycles. The van der Waals surface area contributed by atoms with Gasteiger partial charge in [-0.1, -0.05) is 36.4 Å². The van der Waals surface area contributed by atoms with Crippen molar-refractivity contribution in [2.75, 3.05) is 24.3 Å². The number of fused-ring (bicyclic) bond motifs is 2. The van der Waals surface area contributed by atoms with Gasteiger partial charge in [0.2, 0.25) is 29.4 Å². The second-order valence-electron chi connectivity index (χ2n) is 13.8. The summed E-state index contributed by atoms with van der Waals surface area (Å²) in [5.74, 6) is -5.50. The van der Waals surface area contributed by atoms with Crippen molar-refractivity contribution in [1.82, 2.24) is 20.1 Å². The molecule has 19 nitrogen and oxygen atoms in total. The number of carbonyl (C=O) groups excluding carboxylic acids is 5. The summed E-state index contributed by atoms with van der Waals surface area (Å²) in [4.78, 5) is 115. The molecule has 2 aliphatic rings. The largest absolute Gasteiger partial charge is 0.480 e. The lowest BCUT2D eigenvalue weighted by Crippen LogP contribution is -2.71. The second kappa shape index (κ2) is 16.9. The SMILES string of the molecule is COOc1cccc2c(=O)n(CCC(=O)Nc3cc(NC(=O)CCN)cc(C(=O)NC(C(=O)NC4C(=O)N5C4SC(C)(C)C5C(=O)O)c4ccccc4)c3)c(=O)oc12. The van der Waals surface area contributed by atoms with Crippen LogP contribution in [-0.4, -0.2) is 85.9 Å². The number of nitrogens with two attached hydrogens (primary N) is 1. The number of aliphatic carboxylic acids is 1. The molecule has 4 unspecified atom stereocenters. The first-order chi connectivity index (χ1) is 27.6. The molecule has 0 bridgehead atoms. The Labute approximate surface area is 333 Å². The van der Waals surface area contributed by atoms with Gasteiger partial charge in [-0.2, -0.15) is 4.89 Å². The third-order valence-corrected chi connectivity index (χ3v) is 10.9. The zero-order valence-corrected chi connectivity index (χ0v) is 32.1. The van der Waals surface area contributed by atoms with Crippen LogP contribution in [0, 0.1) is 0 Å². The van der Waals surface area contributed by atoms with E-state index in [0.717, 1.165) is 4.57 Å². The molecule has 7 N–H and O–H groups in total. The van der Waals surface area contributed by atoms with Gasteiger partial charge in [-0.05, 0) is 49.7 Å². The third-order valence-electron chi connectivity index (χ3n) is 9.38. The van der Waals surface area contributed by atoms with E-state index in [1.54, 1.807) is 44.2 Å².